The van der Waals surface area contributed by atoms with Gasteiger partial charge in [0.15, 0.2) is 0 Å². The van der Waals surface area contributed by atoms with Gasteiger partial charge in [-0.15, -0.1) is 0 Å². The molecule has 0 fully saturated rings. The fraction of sp³-hybridized carbons (Fsp3) is 0.333. The lowest BCUT2D eigenvalue weighted by molar-refractivity contribution is 0.0566. The van der Waals surface area contributed by atoms with Gasteiger partial charge in [0.2, 0.25) is 5.76 Å². The van der Waals surface area contributed by atoms with Gasteiger partial charge in [0.25, 0.3) is 0 Å². The molecule has 0 unspecified atom stereocenters. The van der Waals surface area contributed by atoms with E-state index in [1.165, 1.54) is 19.4 Å². The molecule has 6 nitrogen and oxygen atoms in total. The SMILES string of the molecule is CC.COC(=O)c1occc1NC(N)=O. The van der Waals surface area contributed by atoms with Crippen LogP contribution in [0.25, 0.3) is 0 Å². The van der Waals surface area contributed by atoms with Crippen molar-refractivity contribution in [3.8, 4) is 0 Å². The molecule has 0 radical (unpaired) electrons. The molecule has 15 heavy (non-hydrogen) atoms. The number of anilines is 1. The lowest BCUT2D eigenvalue weighted by Crippen LogP contribution is -2.20. The maximum atomic E-state index is 11.0. The summed E-state index contributed by atoms with van der Waals surface area (Å²) in [5, 5.41) is 2.21. The highest BCUT2D eigenvalue weighted by atomic mass is 16.5. The van der Waals surface area contributed by atoms with Crippen LogP contribution in [0.3, 0.4) is 0 Å². The number of nitrogens with one attached hydrogen (secondary N) is 1. The predicted molar refractivity (Wildman–Crippen MR) is 54.6 cm³/mol. The van der Waals surface area contributed by atoms with Gasteiger partial charge in [-0.1, -0.05) is 13.8 Å². The summed E-state index contributed by atoms with van der Waals surface area (Å²) in [6, 6.07) is 0.628. The Kier molecular flexibility index (Phi) is 5.62. The van der Waals surface area contributed by atoms with Crippen molar-refractivity contribution < 1.29 is 18.7 Å². The Bertz CT molecular complexity index is 333. The van der Waals surface area contributed by atoms with Crippen LogP contribution >= 0.6 is 0 Å². The molecule has 0 saturated carbocycles. The molecular weight excluding hydrogens is 200 g/mol. The van der Waals surface area contributed by atoms with Crippen LogP contribution in [0.1, 0.15) is 24.4 Å². The Labute approximate surface area is 87.4 Å². The van der Waals surface area contributed by atoms with Gasteiger partial charge in [0, 0.05) is 6.07 Å². The number of esters is 1. The Balaban J connectivity index is 0.000000921. The molecule has 0 aromatic carbocycles. The number of hydrogen-bond donors (Lipinski definition) is 2. The molecule has 2 amide bonds. The molecular formula is C9H14N2O4. The zero-order valence-electron chi connectivity index (χ0n) is 8.87. The molecule has 0 aliphatic rings. The number of furan rings is 1. The van der Waals surface area contributed by atoms with E-state index < -0.39 is 12.0 Å². The highest BCUT2D eigenvalue weighted by molar-refractivity contribution is 5.98. The second-order valence-electron chi connectivity index (χ2n) is 2.14. The molecule has 0 bridgehead atoms. The van der Waals surface area contributed by atoms with E-state index in [0.29, 0.717) is 0 Å². The van der Waals surface area contributed by atoms with Crippen LogP contribution in [-0.2, 0) is 4.74 Å². The Morgan fingerprint density at radius 2 is 2.07 bits per heavy atom. The van der Waals surface area contributed by atoms with E-state index in [-0.39, 0.29) is 11.4 Å². The Hall–Kier alpha value is -1.98. The Morgan fingerprint density at radius 1 is 1.47 bits per heavy atom. The average Bonchev–Trinajstić information content (AvgIpc) is 2.67. The molecule has 1 heterocycles. The second kappa shape index (κ2) is 6.47. The summed E-state index contributed by atoms with van der Waals surface area (Å²) in [5.74, 6) is -0.755. The number of hydrogen-bond acceptors (Lipinski definition) is 4. The van der Waals surface area contributed by atoms with Crippen molar-refractivity contribution in [3.63, 3.8) is 0 Å². The summed E-state index contributed by atoms with van der Waals surface area (Å²) in [6.45, 7) is 4.00. The van der Waals surface area contributed by atoms with Crippen molar-refractivity contribution in [2.75, 3.05) is 12.4 Å². The van der Waals surface area contributed by atoms with Crippen molar-refractivity contribution in [2.45, 2.75) is 13.8 Å². The third kappa shape index (κ3) is 3.72. The minimum absolute atomic E-state index is 0.0821. The summed E-state index contributed by atoms with van der Waals surface area (Å²) in [7, 11) is 1.21. The van der Waals surface area contributed by atoms with Gasteiger partial charge in [0.05, 0.1) is 19.1 Å². The van der Waals surface area contributed by atoms with E-state index in [2.05, 4.69) is 10.1 Å². The molecule has 1 rings (SSSR count). The maximum Gasteiger partial charge on any atom is 0.376 e. The van der Waals surface area contributed by atoms with Gasteiger partial charge in [-0.2, -0.15) is 0 Å². The van der Waals surface area contributed by atoms with E-state index in [9.17, 15) is 9.59 Å². The maximum absolute atomic E-state index is 11.0. The zero-order chi connectivity index (χ0) is 11.8. The number of nitrogens with two attached hydrogens (primary N) is 1. The topological polar surface area (TPSA) is 94.6 Å². The first-order chi connectivity index (χ1) is 7.15. The number of primary amides is 1. The van der Waals surface area contributed by atoms with Crippen molar-refractivity contribution >= 4 is 17.7 Å². The molecule has 0 atom stereocenters. The van der Waals surface area contributed by atoms with Crippen LogP contribution < -0.4 is 11.1 Å². The molecule has 0 aliphatic carbocycles. The van der Waals surface area contributed by atoms with E-state index in [4.69, 9.17) is 10.2 Å². The molecule has 0 aliphatic heterocycles. The van der Waals surface area contributed by atoms with E-state index in [0.717, 1.165) is 0 Å². The fourth-order valence-electron chi connectivity index (χ4n) is 0.791. The molecule has 1 aromatic heterocycles. The number of methoxy groups -OCH3 is 1. The molecule has 1 aromatic rings. The van der Waals surface area contributed by atoms with Gasteiger partial charge >= 0.3 is 12.0 Å². The normalized spacial score (nSPS) is 8.47. The first-order valence-electron chi connectivity index (χ1n) is 4.37. The lowest BCUT2D eigenvalue weighted by Gasteiger charge is -1.99. The first-order valence-corrected chi connectivity index (χ1v) is 4.37. The van der Waals surface area contributed by atoms with Crippen LogP contribution in [0.4, 0.5) is 10.5 Å². The molecule has 0 saturated heterocycles. The zero-order valence-corrected chi connectivity index (χ0v) is 8.87. The second-order valence-corrected chi connectivity index (χ2v) is 2.14. The van der Waals surface area contributed by atoms with Gasteiger partial charge in [-0.3, -0.25) is 0 Å². The van der Waals surface area contributed by atoms with Crippen molar-refractivity contribution in [1.82, 2.24) is 0 Å². The smallest absolute Gasteiger partial charge is 0.376 e. The average molecular weight is 214 g/mol. The van der Waals surface area contributed by atoms with Gasteiger partial charge < -0.3 is 20.2 Å². The van der Waals surface area contributed by atoms with Crippen LogP contribution in [0.15, 0.2) is 16.7 Å². The van der Waals surface area contributed by atoms with Crippen LogP contribution in [-0.4, -0.2) is 19.1 Å². The van der Waals surface area contributed by atoms with Gasteiger partial charge in [-0.25, -0.2) is 9.59 Å². The standard InChI is InChI=1S/C7H8N2O4.C2H6/c1-12-6(10)5-4(2-3-13-5)9-7(8)11;1-2/h2-3H,1H3,(H3,8,9,11);1-2H3. The number of amides is 2. The van der Waals surface area contributed by atoms with Crippen molar-refractivity contribution in [1.29, 1.82) is 0 Å². The molecule has 0 spiro atoms. The summed E-state index contributed by atoms with van der Waals surface area (Å²) < 4.78 is 9.17. The van der Waals surface area contributed by atoms with Gasteiger partial charge in [-0.05, 0) is 0 Å². The van der Waals surface area contributed by atoms with Crippen LogP contribution in [0.2, 0.25) is 0 Å². The van der Waals surface area contributed by atoms with E-state index in [1.807, 2.05) is 13.8 Å². The molecule has 6 heteroatoms. The van der Waals surface area contributed by atoms with Crippen molar-refractivity contribution in [2.24, 2.45) is 5.73 Å². The number of carbonyl (C=O) groups excluding carboxylic acids is 2. The summed E-state index contributed by atoms with van der Waals surface area (Å²) in [4.78, 5) is 21.4. The monoisotopic (exact) mass is 214 g/mol. The third-order valence-corrected chi connectivity index (χ3v) is 1.29. The highest BCUT2D eigenvalue weighted by Gasteiger charge is 2.16. The summed E-state index contributed by atoms with van der Waals surface area (Å²) in [5.41, 5.74) is 5.04. The Morgan fingerprint density at radius 3 is 2.53 bits per heavy atom. The minimum Gasteiger partial charge on any atom is -0.463 e. The van der Waals surface area contributed by atoms with E-state index >= 15 is 0 Å². The molecule has 3 N–H and O–H groups in total. The third-order valence-electron chi connectivity index (χ3n) is 1.29. The van der Waals surface area contributed by atoms with E-state index in [1.54, 1.807) is 0 Å². The van der Waals surface area contributed by atoms with Gasteiger partial charge in [0.1, 0.15) is 0 Å². The lowest BCUT2D eigenvalue weighted by atomic mass is 10.4. The minimum atomic E-state index is -0.772. The van der Waals surface area contributed by atoms with Crippen LogP contribution in [0, 0.1) is 0 Å². The first kappa shape index (κ1) is 13.0. The number of ether oxygens (including phenoxy) is 1. The van der Waals surface area contributed by atoms with Crippen LogP contribution in [0.5, 0.6) is 0 Å². The number of rotatable bonds is 2. The largest absolute Gasteiger partial charge is 0.463 e. The quantitative estimate of drug-likeness (QED) is 0.730. The number of urea groups is 1. The summed E-state index contributed by atoms with van der Waals surface area (Å²) >= 11 is 0. The number of carbonyl (C=O) groups is 2. The fourth-order valence-corrected chi connectivity index (χ4v) is 0.791. The summed E-state index contributed by atoms with van der Waals surface area (Å²) in [6.07, 6.45) is 1.25. The molecule has 84 valence electrons. The van der Waals surface area contributed by atoms with Crippen molar-refractivity contribution in [3.05, 3.63) is 18.1 Å². The predicted octanol–water partition coefficient (Wildman–Crippen LogP) is 1.58. The highest BCUT2D eigenvalue weighted by Crippen LogP contribution is 2.16.